The lowest BCUT2D eigenvalue weighted by Crippen LogP contribution is -2.36. The van der Waals surface area contributed by atoms with Gasteiger partial charge in [0.1, 0.15) is 6.07 Å². The van der Waals surface area contributed by atoms with Crippen LogP contribution in [-0.4, -0.2) is 38.9 Å². The molecule has 0 aliphatic carbocycles. The summed E-state index contributed by atoms with van der Waals surface area (Å²) in [7, 11) is 0. The first-order chi connectivity index (χ1) is 12.4. The van der Waals surface area contributed by atoms with Crippen molar-refractivity contribution in [2.75, 3.05) is 43.1 Å². The summed E-state index contributed by atoms with van der Waals surface area (Å²) in [6.45, 7) is 3.63. The van der Waals surface area contributed by atoms with E-state index in [0.29, 0.717) is 32.0 Å². The number of rotatable bonds is 5. The Bertz CT molecular complexity index is 720. The van der Waals surface area contributed by atoms with Crippen molar-refractivity contribution < 1.29 is 27.4 Å². The van der Waals surface area contributed by atoms with Gasteiger partial charge in [0.25, 0.3) is 0 Å². The number of carbonyl (C=O) groups excluding carboxylic acids is 1. The standard InChI is InChI=1S/C17H18F3N3O3/c1-2-26-16(24)12(10-21)11-22-14-9-13(17(18,19)20)3-4-15(14)23-5-7-25-8-6-23/h3-4,9,11,22H,2,5-8H2,1H3/b12-11+. The second-order valence-electron chi connectivity index (χ2n) is 5.36. The third-order valence-electron chi connectivity index (χ3n) is 3.66. The Morgan fingerprint density at radius 3 is 2.69 bits per heavy atom. The maximum atomic E-state index is 13.0. The van der Waals surface area contributed by atoms with Crippen molar-refractivity contribution in [1.82, 2.24) is 0 Å². The Kier molecular flexibility index (Phi) is 6.46. The predicted molar refractivity (Wildman–Crippen MR) is 88.4 cm³/mol. The Morgan fingerprint density at radius 1 is 1.42 bits per heavy atom. The third-order valence-corrected chi connectivity index (χ3v) is 3.66. The van der Waals surface area contributed by atoms with E-state index >= 15 is 0 Å². The number of morpholine rings is 1. The largest absolute Gasteiger partial charge is 0.462 e. The molecule has 0 saturated carbocycles. The molecule has 1 fully saturated rings. The number of anilines is 2. The summed E-state index contributed by atoms with van der Waals surface area (Å²) in [4.78, 5) is 13.5. The average molecular weight is 369 g/mol. The molecule has 26 heavy (non-hydrogen) atoms. The number of carbonyl (C=O) groups is 1. The molecule has 0 bridgehead atoms. The maximum Gasteiger partial charge on any atom is 0.416 e. The number of alkyl halides is 3. The summed E-state index contributed by atoms with van der Waals surface area (Å²) in [5.74, 6) is -0.845. The number of nitrogens with zero attached hydrogens (tertiary/aromatic N) is 2. The van der Waals surface area contributed by atoms with Crippen molar-refractivity contribution in [2.45, 2.75) is 13.1 Å². The molecule has 140 valence electrons. The Labute approximate surface area is 148 Å². The van der Waals surface area contributed by atoms with Gasteiger partial charge in [0, 0.05) is 19.3 Å². The molecule has 0 unspecified atom stereocenters. The third kappa shape index (κ3) is 4.89. The lowest BCUT2D eigenvalue weighted by Gasteiger charge is -2.30. The van der Waals surface area contributed by atoms with Crippen molar-refractivity contribution in [1.29, 1.82) is 5.26 Å². The number of benzene rings is 1. The summed E-state index contributed by atoms with van der Waals surface area (Å²) in [6.07, 6.45) is -3.46. The molecule has 9 heteroatoms. The first kappa shape index (κ1) is 19.6. The van der Waals surface area contributed by atoms with Gasteiger partial charge in [-0.1, -0.05) is 0 Å². The summed E-state index contributed by atoms with van der Waals surface area (Å²) in [6, 6.07) is 4.97. The minimum absolute atomic E-state index is 0.0838. The molecule has 1 aromatic carbocycles. The van der Waals surface area contributed by atoms with Gasteiger partial charge < -0.3 is 19.7 Å². The molecule has 6 nitrogen and oxygen atoms in total. The SMILES string of the molecule is CCOC(=O)/C(C#N)=C/Nc1cc(C(F)(F)F)ccc1N1CCOCC1. The van der Waals surface area contributed by atoms with Gasteiger partial charge in [0.2, 0.25) is 0 Å². The van der Waals surface area contributed by atoms with Crippen LogP contribution < -0.4 is 10.2 Å². The van der Waals surface area contributed by atoms with Crippen LogP contribution in [0.4, 0.5) is 24.5 Å². The molecule has 1 saturated heterocycles. The highest BCUT2D eigenvalue weighted by molar-refractivity contribution is 5.93. The summed E-state index contributed by atoms with van der Waals surface area (Å²) >= 11 is 0. The van der Waals surface area contributed by atoms with E-state index in [1.165, 1.54) is 6.07 Å². The number of nitriles is 1. The zero-order valence-corrected chi connectivity index (χ0v) is 14.1. The molecule has 0 radical (unpaired) electrons. The van der Waals surface area contributed by atoms with Crippen LogP contribution in [0.5, 0.6) is 0 Å². The number of nitrogens with one attached hydrogen (secondary N) is 1. The van der Waals surface area contributed by atoms with E-state index < -0.39 is 17.7 Å². The fraction of sp³-hybridized carbons (Fsp3) is 0.412. The first-order valence-corrected chi connectivity index (χ1v) is 7.94. The van der Waals surface area contributed by atoms with Crippen molar-refractivity contribution in [2.24, 2.45) is 0 Å². The quantitative estimate of drug-likeness (QED) is 0.489. The molecule has 0 aromatic heterocycles. The highest BCUT2D eigenvalue weighted by Crippen LogP contribution is 2.35. The lowest BCUT2D eigenvalue weighted by atomic mass is 10.1. The van der Waals surface area contributed by atoms with Crippen LogP contribution in [-0.2, 0) is 20.4 Å². The van der Waals surface area contributed by atoms with Gasteiger partial charge in [0.05, 0.1) is 36.8 Å². The number of hydrogen-bond acceptors (Lipinski definition) is 6. The fourth-order valence-corrected chi connectivity index (χ4v) is 2.40. The van der Waals surface area contributed by atoms with Gasteiger partial charge in [-0.15, -0.1) is 0 Å². The Balaban J connectivity index is 2.36. The van der Waals surface area contributed by atoms with E-state index in [9.17, 15) is 18.0 Å². The van der Waals surface area contributed by atoms with E-state index in [4.69, 9.17) is 14.7 Å². The molecule has 0 amide bonds. The molecule has 2 rings (SSSR count). The van der Waals surface area contributed by atoms with Crippen molar-refractivity contribution in [3.63, 3.8) is 0 Å². The summed E-state index contributed by atoms with van der Waals surface area (Å²) in [5.41, 5.74) is -0.505. The zero-order valence-electron chi connectivity index (χ0n) is 14.1. The molecular weight excluding hydrogens is 351 g/mol. The lowest BCUT2D eigenvalue weighted by molar-refractivity contribution is -0.138. The predicted octanol–water partition coefficient (Wildman–Crippen LogP) is 2.92. The number of hydrogen-bond donors (Lipinski definition) is 1. The van der Waals surface area contributed by atoms with Gasteiger partial charge in [-0.2, -0.15) is 18.4 Å². The van der Waals surface area contributed by atoms with Crippen LogP contribution >= 0.6 is 0 Å². The van der Waals surface area contributed by atoms with Crippen molar-refractivity contribution in [3.8, 4) is 6.07 Å². The van der Waals surface area contributed by atoms with Gasteiger partial charge in [0.15, 0.2) is 5.57 Å². The average Bonchev–Trinajstić information content (AvgIpc) is 2.62. The van der Waals surface area contributed by atoms with Crippen molar-refractivity contribution >= 4 is 17.3 Å². The molecule has 1 aliphatic rings. The van der Waals surface area contributed by atoms with Crippen molar-refractivity contribution in [3.05, 3.63) is 35.5 Å². The molecule has 1 aromatic rings. The number of ether oxygens (including phenoxy) is 2. The van der Waals surface area contributed by atoms with Crippen LogP contribution in [0.15, 0.2) is 30.0 Å². The van der Waals surface area contributed by atoms with Gasteiger partial charge in [-0.3, -0.25) is 0 Å². The minimum Gasteiger partial charge on any atom is -0.462 e. The summed E-state index contributed by atoms with van der Waals surface area (Å²) in [5, 5.41) is 11.7. The molecular formula is C17H18F3N3O3. The van der Waals surface area contributed by atoms with Crippen LogP contribution in [0.2, 0.25) is 0 Å². The number of esters is 1. The number of halogens is 3. The smallest absolute Gasteiger partial charge is 0.416 e. The van der Waals surface area contributed by atoms with Gasteiger partial charge >= 0.3 is 12.1 Å². The van der Waals surface area contributed by atoms with E-state index in [1.54, 1.807) is 13.0 Å². The second kappa shape index (κ2) is 8.58. The van der Waals surface area contributed by atoms with Crippen LogP contribution in [0, 0.1) is 11.3 Å². The zero-order chi connectivity index (χ0) is 19.2. The van der Waals surface area contributed by atoms with Gasteiger partial charge in [-0.25, -0.2) is 4.79 Å². The van der Waals surface area contributed by atoms with Crippen LogP contribution in [0.1, 0.15) is 12.5 Å². The highest BCUT2D eigenvalue weighted by atomic mass is 19.4. The van der Waals surface area contributed by atoms with Crippen LogP contribution in [0.25, 0.3) is 0 Å². The molecule has 0 atom stereocenters. The molecule has 1 heterocycles. The molecule has 1 aliphatic heterocycles. The van der Waals surface area contributed by atoms with Crippen LogP contribution in [0.3, 0.4) is 0 Å². The topological polar surface area (TPSA) is 74.6 Å². The maximum absolute atomic E-state index is 13.0. The Morgan fingerprint density at radius 2 is 2.12 bits per heavy atom. The van der Waals surface area contributed by atoms with Gasteiger partial charge in [-0.05, 0) is 25.1 Å². The Hall–Kier alpha value is -2.73. The van der Waals surface area contributed by atoms with E-state index in [2.05, 4.69) is 5.32 Å². The normalized spacial score (nSPS) is 15.3. The minimum atomic E-state index is -4.51. The molecule has 0 spiro atoms. The van der Waals surface area contributed by atoms with E-state index in [-0.39, 0.29) is 17.9 Å². The van der Waals surface area contributed by atoms with E-state index in [0.717, 1.165) is 18.3 Å². The monoisotopic (exact) mass is 369 g/mol. The fourth-order valence-electron chi connectivity index (χ4n) is 2.40. The van der Waals surface area contributed by atoms with E-state index in [1.807, 2.05) is 4.90 Å². The second-order valence-corrected chi connectivity index (χ2v) is 5.36. The first-order valence-electron chi connectivity index (χ1n) is 7.94. The molecule has 1 N–H and O–H groups in total. The summed E-state index contributed by atoms with van der Waals surface area (Å²) < 4.78 is 49.1. The highest BCUT2D eigenvalue weighted by Gasteiger charge is 2.31.